The van der Waals surface area contributed by atoms with Crippen LogP contribution in [0.15, 0.2) is 54.6 Å². The molecule has 7 heteroatoms. The van der Waals surface area contributed by atoms with Crippen molar-refractivity contribution < 1.29 is 23.8 Å². The van der Waals surface area contributed by atoms with Gasteiger partial charge in [0.2, 0.25) is 11.8 Å². The predicted molar refractivity (Wildman–Crippen MR) is 182 cm³/mol. The second-order valence-corrected chi connectivity index (χ2v) is 12.7. The number of carbonyl (C=O) groups is 2. The summed E-state index contributed by atoms with van der Waals surface area (Å²) < 4.78 is 16.6. The van der Waals surface area contributed by atoms with Crippen LogP contribution < -0.4 is 14.2 Å². The number of ether oxygens (including phenoxy) is 3. The van der Waals surface area contributed by atoms with Gasteiger partial charge < -0.3 is 24.0 Å². The van der Waals surface area contributed by atoms with E-state index in [1.807, 2.05) is 36.4 Å². The summed E-state index contributed by atoms with van der Waals surface area (Å²) in [6.07, 6.45) is 7.96. The Labute approximate surface area is 274 Å². The first-order valence-electron chi connectivity index (χ1n) is 16.9. The highest BCUT2D eigenvalue weighted by Gasteiger charge is 2.30. The van der Waals surface area contributed by atoms with Crippen molar-refractivity contribution >= 4 is 11.8 Å². The molecule has 7 nitrogen and oxygen atoms in total. The Morgan fingerprint density at radius 2 is 1.15 bits per heavy atom. The van der Waals surface area contributed by atoms with E-state index in [0.717, 1.165) is 92.8 Å². The summed E-state index contributed by atoms with van der Waals surface area (Å²) in [7, 11) is 5.05. The summed E-state index contributed by atoms with van der Waals surface area (Å²) in [4.78, 5) is 31.5. The molecular formula is C39H50N2O5. The molecule has 2 amide bonds. The van der Waals surface area contributed by atoms with Crippen LogP contribution >= 0.6 is 0 Å². The summed E-state index contributed by atoms with van der Waals surface area (Å²) in [5, 5.41) is 0. The minimum Gasteiger partial charge on any atom is -0.496 e. The van der Waals surface area contributed by atoms with Crippen LogP contribution in [-0.4, -0.2) is 68.1 Å². The highest BCUT2D eigenvalue weighted by molar-refractivity contribution is 5.80. The molecule has 2 atom stereocenters. The van der Waals surface area contributed by atoms with E-state index in [1.54, 1.807) is 21.3 Å². The SMILES string of the molecule is CCCN(C(=O)Cc1ccc(CC(=O)N(CCC)C2CCc3c(cccc3OC)C2)cc1)C1CCc2cc(OC)c(OC)cc2C1. The van der Waals surface area contributed by atoms with E-state index in [4.69, 9.17) is 14.2 Å². The molecular weight excluding hydrogens is 576 g/mol. The molecule has 2 unspecified atom stereocenters. The maximum Gasteiger partial charge on any atom is 0.227 e. The third kappa shape index (κ3) is 7.51. The van der Waals surface area contributed by atoms with E-state index in [0.29, 0.717) is 12.8 Å². The zero-order valence-corrected chi connectivity index (χ0v) is 28.3. The van der Waals surface area contributed by atoms with Crippen molar-refractivity contribution in [2.24, 2.45) is 0 Å². The number of rotatable bonds is 13. The molecule has 2 aliphatic rings. The molecule has 3 aromatic carbocycles. The molecule has 46 heavy (non-hydrogen) atoms. The molecule has 0 spiro atoms. The number of benzene rings is 3. The number of methoxy groups -OCH3 is 3. The zero-order valence-electron chi connectivity index (χ0n) is 28.3. The normalized spacial score (nSPS) is 17.0. The molecule has 0 aliphatic heterocycles. The lowest BCUT2D eigenvalue weighted by Crippen LogP contribution is -2.44. The summed E-state index contributed by atoms with van der Waals surface area (Å²) >= 11 is 0. The maximum atomic E-state index is 13.7. The molecule has 0 saturated carbocycles. The van der Waals surface area contributed by atoms with Crippen molar-refractivity contribution in [2.75, 3.05) is 34.4 Å². The Balaban J connectivity index is 1.21. The molecule has 2 aliphatic carbocycles. The average Bonchev–Trinajstić information content (AvgIpc) is 3.08. The van der Waals surface area contributed by atoms with Gasteiger partial charge in [-0.1, -0.05) is 50.2 Å². The Bertz CT molecular complexity index is 1500. The van der Waals surface area contributed by atoms with Crippen molar-refractivity contribution in [1.29, 1.82) is 0 Å². The highest BCUT2D eigenvalue weighted by Crippen LogP contribution is 2.35. The van der Waals surface area contributed by atoms with Gasteiger partial charge in [0, 0.05) is 25.2 Å². The second-order valence-electron chi connectivity index (χ2n) is 12.7. The van der Waals surface area contributed by atoms with Gasteiger partial charge in [-0.25, -0.2) is 0 Å². The summed E-state index contributed by atoms with van der Waals surface area (Å²) in [5.41, 5.74) is 7.03. The lowest BCUT2D eigenvalue weighted by Gasteiger charge is -2.36. The lowest BCUT2D eigenvalue weighted by atomic mass is 9.86. The summed E-state index contributed by atoms with van der Waals surface area (Å²) in [6.45, 7) is 5.76. The highest BCUT2D eigenvalue weighted by atomic mass is 16.5. The molecule has 0 saturated heterocycles. The molecule has 0 aromatic heterocycles. The van der Waals surface area contributed by atoms with E-state index in [1.165, 1.54) is 22.3 Å². The van der Waals surface area contributed by atoms with Gasteiger partial charge in [0.05, 0.1) is 34.2 Å². The number of carbonyl (C=O) groups excluding carboxylic acids is 2. The summed E-state index contributed by atoms with van der Waals surface area (Å²) in [5.74, 6) is 2.76. The number of nitrogens with zero attached hydrogens (tertiary/aromatic N) is 2. The lowest BCUT2D eigenvalue weighted by molar-refractivity contribution is -0.134. The van der Waals surface area contributed by atoms with E-state index in [2.05, 4.69) is 41.8 Å². The van der Waals surface area contributed by atoms with Crippen LogP contribution in [0.1, 0.15) is 72.9 Å². The third-order valence-corrected chi connectivity index (χ3v) is 9.73. The number of hydrogen-bond acceptors (Lipinski definition) is 5. The summed E-state index contributed by atoms with van der Waals surface area (Å²) in [6, 6.07) is 18.8. The number of aryl methyl sites for hydroxylation is 1. The Morgan fingerprint density at radius 3 is 1.67 bits per heavy atom. The van der Waals surface area contributed by atoms with Crippen molar-refractivity contribution in [3.05, 3.63) is 88.0 Å². The van der Waals surface area contributed by atoms with Gasteiger partial charge in [0.25, 0.3) is 0 Å². The van der Waals surface area contributed by atoms with Crippen LogP contribution in [0.4, 0.5) is 0 Å². The second kappa shape index (κ2) is 15.5. The number of hydrogen-bond donors (Lipinski definition) is 0. The van der Waals surface area contributed by atoms with Crippen LogP contribution in [0.25, 0.3) is 0 Å². The molecule has 5 rings (SSSR count). The smallest absolute Gasteiger partial charge is 0.227 e. The maximum absolute atomic E-state index is 13.7. The predicted octanol–water partition coefficient (Wildman–Crippen LogP) is 6.39. The van der Waals surface area contributed by atoms with E-state index in [9.17, 15) is 9.59 Å². The van der Waals surface area contributed by atoms with Gasteiger partial charge in [0.15, 0.2) is 11.5 Å². The van der Waals surface area contributed by atoms with Crippen LogP contribution in [0.3, 0.4) is 0 Å². The van der Waals surface area contributed by atoms with Gasteiger partial charge in [-0.2, -0.15) is 0 Å². The van der Waals surface area contributed by atoms with Crippen molar-refractivity contribution in [1.82, 2.24) is 9.80 Å². The van der Waals surface area contributed by atoms with Crippen molar-refractivity contribution in [3.63, 3.8) is 0 Å². The van der Waals surface area contributed by atoms with Crippen molar-refractivity contribution in [3.8, 4) is 17.2 Å². The van der Waals surface area contributed by atoms with E-state index < -0.39 is 0 Å². The fraction of sp³-hybridized carbons (Fsp3) is 0.487. The van der Waals surface area contributed by atoms with E-state index >= 15 is 0 Å². The average molecular weight is 627 g/mol. The molecule has 0 N–H and O–H groups in total. The number of fused-ring (bicyclic) bond motifs is 2. The monoisotopic (exact) mass is 626 g/mol. The van der Waals surface area contributed by atoms with Gasteiger partial charge >= 0.3 is 0 Å². The minimum absolute atomic E-state index is 0.155. The largest absolute Gasteiger partial charge is 0.496 e. The van der Waals surface area contributed by atoms with E-state index in [-0.39, 0.29) is 23.9 Å². The first kappa shape index (κ1) is 33.4. The Kier molecular flexibility index (Phi) is 11.3. The van der Waals surface area contributed by atoms with Crippen LogP contribution in [0.5, 0.6) is 17.2 Å². The third-order valence-electron chi connectivity index (χ3n) is 9.73. The molecule has 0 fully saturated rings. The van der Waals surface area contributed by atoms with Gasteiger partial charge in [-0.15, -0.1) is 0 Å². The van der Waals surface area contributed by atoms with Gasteiger partial charge in [-0.05, 0) is 103 Å². The van der Waals surface area contributed by atoms with Crippen LogP contribution in [-0.2, 0) is 48.1 Å². The van der Waals surface area contributed by atoms with Gasteiger partial charge in [-0.3, -0.25) is 9.59 Å². The van der Waals surface area contributed by atoms with Crippen LogP contribution in [0, 0.1) is 0 Å². The first-order chi connectivity index (χ1) is 22.4. The van der Waals surface area contributed by atoms with Crippen LogP contribution in [0.2, 0.25) is 0 Å². The molecule has 0 radical (unpaired) electrons. The molecule has 3 aromatic rings. The Morgan fingerprint density at radius 1 is 0.652 bits per heavy atom. The fourth-order valence-electron chi connectivity index (χ4n) is 7.37. The zero-order chi connectivity index (χ0) is 32.6. The van der Waals surface area contributed by atoms with Gasteiger partial charge in [0.1, 0.15) is 5.75 Å². The molecule has 0 bridgehead atoms. The Hall–Kier alpha value is -4.00. The quantitative estimate of drug-likeness (QED) is 0.220. The number of amides is 2. The van der Waals surface area contributed by atoms with Crippen molar-refractivity contribution in [2.45, 2.75) is 90.1 Å². The first-order valence-corrected chi connectivity index (χ1v) is 16.9. The minimum atomic E-state index is 0.155. The fourth-order valence-corrected chi connectivity index (χ4v) is 7.37. The topological polar surface area (TPSA) is 68.3 Å². The molecule has 0 heterocycles. The standard InChI is InChI=1S/C39H50N2O5/c1-6-19-40(32-16-15-29-25-36(45-4)37(46-5)26-31(29)24-32)38(42)21-27-11-13-28(14-12-27)22-39(43)41(20-7-2)33-17-18-34-30(23-33)9-8-10-35(34)44-3/h8-14,25-26,32-33H,6-7,15-24H2,1-5H3. The molecule has 246 valence electrons.